The molecule has 0 saturated carbocycles. The molecule has 3 N–H and O–H groups in total. The first kappa shape index (κ1) is 12.3. The second-order valence-electron chi connectivity index (χ2n) is 4.15. The van der Waals surface area contributed by atoms with Gasteiger partial charge in [-0.3, -0.25) is 4.79 Å². The van der Waals surface area contributed by atoms with Gasteiger partial charge < -0.3 is 15.7 Å². The number of amides is 1. The molecule has 0 aromatic heterocycles. The smallest absolute Gasteiger partial charge is 0.337 e. The number of halogens is 1. The Balaban J connectivity index is 2.18. The molecule has 1 aromatic rings. The number of hydrogen-bond donors (Lipinski definition) is 3. The fourth-order valence-electron chi connectivity index (χ4n) is 1.91. The zero-order valence-electron chi connectivity index (χ0n) is 9.57. The number of hydrogen-bond acceptors (Lipinski definition) is 3. The van der Waals surface area contributed by atoms with Gasteiger partial charge in [0.2, 0.25) is 5.91 Å². The van der Waals surface area contributed by atoms with Gasteiger partial charge >= 0.3 is 5.97 Å². The van der Waals surface area contributed by atoms with Crippen LogP contribution in [-0.4, -0.2) is 29.6 Å². The number of piperidine rings is 1. The summed E-state index contributed by atoms with van der Waals surface area (Å²) < 4.78 is 13.6. The highest BCUT2D eigenvalue weighted by Gasteiger charge is 2.21. The highest BCUT2D eigenvalue weighted by molar-refractivity contribution is 5.94. The number of benzene rings is 1. The predicted molar refractivity (Wildman–Crippen MR) is 63.0 cm³/mol. The Morgan fingerprint density at radius 1 is 1.50 bits per heavy atom. The summed E-state index contributed by atoms with van der Waals surface area (Å²) in [5.41, 5.74) is -0.127. The Kier molecular flexibility index (Phi) is 3.45. The average Bonchev–Trinajstić information content (AvgIpc) is 2.34. The fraction of sp³-hybridized carbons (Fsp3) is 0.333. The van der Waals surface area contributed by atoms with E-state index in [1.165, 1.54) is 18.2 Å². The molecule has 1 heterocycles. The summed E-state index contributed by atoms with van der Waals surface area (Å²) in [5, 5.41) is 14.5. The average molecular weight is 252 g/mol. The zero-order chi connectivity index (χ0) is 13.1. The third kappa shape index (κ3) is 2.58. The van der Waals surface area contributed by atoms with Gasteiger partial charge in [-0.05, 0) is 18.6 Å². The lowest BCUT2D eigenvalue weighted by Gasteiger charge is -2.25. The van der Waals surface area contributed by atoms with Crippen molar-refractivity contribution in [3.63, 3.8) is 0 Å². The molecule has 1 unspecified atom stereocenters. The molecule has 18 heavy (non-hydrogen) atoms. The number of aromatic carboxylic acids is 1. The third-order valence-corrected chi connectivity index (χ3v) is 2.86. The molecule has 0 spiro atoms. The van der Waals surface area contributed by atoms with Crippen molar-refractivity contribution >= 4 is 17.6 Å². The van der Waals surface area contributed by atoms with Crippen LogP contribution >= 0.6 is 0 Å². The lowest BCUT2D eigenvalue weighted by Crippen LogP contribution is -2.42. The van der Waals surface area contributed by atoms with Gasteiger partial charge in [0.05, 0.1) is 11.3 Å². The molecule has 2 rings (SSSR count). The maximum Gasteiger partial charge on any atom is 0.337 e. The van der Waals surface area contributed by atoms with Gasteiger partial charge in [0, 0.05) is 19.0 Å². The molecule has 5 nitrogen and oxygen atoms in total. The summed E-state index contributed by atoms with van der Waals surface area (Å²) >= 11 is 0. The van der Waals surface area contributed by atoms with Crippen molar-refractivity contribution < 1.29 is 19.1 Å². The van der Waals surface area contributed by atoms with E-state index in [9.17, 15) is 14.0 Å². The van der Waals surface area contributed by atoms with Crippen LogP contribution in [0.3, 0.4) is 0 Å². The highest BCUT2D eigenvalue weighted by Crippen LogP contribution is 2.22. The van der Waals surface area contributed by atoms with Crippen LogP contribution in [0, 0.1) is 5.82 Å². The summed E-state index contributed by atoms with van der Waals surface area (Å²) in [6.45, 7) is 0.367. The Labute approximate surface area is 103 Å². The molecule has 1 aliphatic heterocycles. The molecule has 1 fully saturated rings. The van der Waals surface area contributed by atoms with E-state index in [0.717, 1.165) is 0 Å². The second-order valence-corrected chi connectivity index (χ2v) is 4.15. The number of nitrogens with one attached hydrogen (secondary N) is 2. The molecule has 1 aromatic carbocycles. The van der Waals surface area contributed by atoms with Gasteiger partial charge in [-0.2, -0.15) is 0 Å². The summed E-state index contributed by atoms with van der Waals surface area (Å²) in [4.78, 5) is 22.0. The van der Waals surface area contributed by atoms with Crippen LogP contribution in [-0.2, 0) is 4.79 Å². The van der Waals surface area contributed by atoms with Crippen molar-refractivity contribution in [2.75, 3.05) is 11.9 Å². The highest BCUT2D eigenvalue weighted by atomic mass is 19.1. The summed E-state index contributed by atoms with van der Waals surface area (Å²) in [7, 11) is 0. The number of carboxylic acid groups (broad SMARTS) is 1. The molecule has 0 bridgehead atoms. The van der Waals surface area contributed by atoms with Crippen LogP contribution < -0.4 is 10.6 Å². The first-order chi connectivity index (χ1) is 8.58. The monoisotopic (exact) mass is 252 g/mol. The minimum Gasteiger partial charge on any atom is -0.478 e. The minimum atomic E-state index is -1.18. The number of anilines is 1. The second kappa shape index (κ2) is 5.03. The maximum absolute atomic E-state index is 13.6. The molecule has 1 aliphatic rings. The molecular weight excluding hydrogens is 239 g/mol. The molecule has 6 heteroatoms. The quantitative estimate of drug-likeness (QED) is 0.755. The first-order valence-electron chi connectivity index (χ1n) is 5.63. The van der Waals surface area contributed by atoms with Crippen molar-refractivity contribution in [1.82, 2.24) is 5.32 Å². The first-order valence-corrected chi connectivity index (χ1v) is 5.63. The fourth-order valence-corrected chi connectivity index (χ4v) is 1.91. The van der Waals surface area contributed by atoms with Crippen molar-refractivity contribution in [1.29, 1.82) is 0 Å². The Bertz CT molecular complexity index is 480. The van der Waals surface area contributed by atoms with Crippen molar-refractivity contribution in [3.05, 3.63) is 29.6 Å². The number of carbonyl (C=O) groups excluding carboxylic acids is 1. The number of para-hydroxylation sites is 1. The van der Waals surface area contributed by atoms with Crippen molar-refractivity contribution in [2.24, 2.45) is 0 Å². The van der Waals surface area contributed by atoms with E-state index >= 15 is 0 Å². The SMILES string of the molecule is O=C1CCC(Nc2c(F)cccc2C(=O)O)CN1. The summed E-state index contributed by atoms with van der Waals surface area (Å²) in [6, 6.07) is 3.75. The number of carboxylic acids is 1. The predicted octanol–water partition coefficient (Wildman–Crippen LogP) is 1.21. The van der Waals surface area contributed by atoms with Crippen LogP contribution in [0.15, 0.2) is 18.2 Å². The van der Waals surface area contributed by atoms with E-state index in [0.29, 0.717) is 19.4 Å². The van der Waals surface area contributed by atoms with Crippen LogP contribution in [0.2, 0.25) is 0 Å². The topological polar surface area (TPSA) is 78.4 Å². The van der Waals surface area contributed by atoms with Gasteiger partial charge in [0.15, 0.2) is 0 Å². The minimum absolute atomic E-state index is 0.0221. The van der Waals surface area contributed by atoms with Crippen molar-refractivity contribution in [3.8, 4) is 0 Å². The molecule has 1 saturated heterocycles. The van der Waals surface area contributed by atoms with E-state index in [-0.39, 0.29) is 23.2 Å². The van der Waals surface area contributed by atoms with Crippen LogP contribution in [0.5, 0.6) is 0 Å². The van der Waals surface area contributed by atoms with Gasteiger partial charge in [-0.1, -0.05) is 6.07 Å². The van der Waals surface area contributed by atoms with Gasteiger partial charge in [-0.25, -0.2) is 9.18 Å². The van der Waals surface area contributed by atoms with Gasteiger partial charge in [-0.15, -0.1) is 0 Å². The number of carbonyl (C=O) groups is 2. The maximum atomic E-state index is 13.6. The molecule has 1 atom stereocenters. The van der Waals surface area contributed by atoms with E-state index in [1.54, 1.807) is 0 Å². The van der Waals surface area contributed by atoms with E-state index in [1.807, 2.05) is 0 Å². The summed E-state index contributed by atoms with van der Waals surface area (Å²) in [6.07, 6.45) is 0.910. The largest absolute Gasteiger partial charge is 0.478 e. The Morgan fingerprint density at radius 2 is 2.28 bits per heavy atom. The number of rotatable bonds is 3. The Hall–Kier alpha value is -2.11. The lowest BCUT2D eigenvalue weighted by molar-refractivity contribution is -0.122. The van der Waals surface area contributed by atoms with E-state index in [2.05, 4.69) is 10.6 Å². The Morgan fingerprint density at radius 3 is 2.89 bits per heavy atom. The lowest BCUT2D eigenvalue weighted by atomic mass is 10.1. The zero-order valence-corrected chi connectivity index (χ0v) is 9.57. The van der Waals surface area contributed by atoms with Gasteiger partial charge in [0.1, 0.15) is 5.82 Å². The normalized spacial score (nSPS) is 19.2. The third-order valence-electron chi connectivity index (χ3n) is 2.86. The van der Waals surface area contributed by atoms with Crippen LogP contribution in [0.1, 0.15) is 23.2 Å². The standard InChI is InChI=1S/C12H13FN2O3/c13-9-3-1-2-8(12(17)18)11(9)15-7-4-5-10(16)14-6-7/h1-3,7,15H,4-6H2,(H,14,16)(H,17,18). The molecule has 96 valence electrons. The van der Waals surface area contributed by atoms with Gasteiger partial charge in [0.25, 0.3) is 0 Å². The molecule has 0 radical (unpaired) electrons. The van der Waals surface area contributed by atoms with Crippen molar-refractivity contribution in [2.45, 2.75) is 18.9 Å². The molecule has 1 amide bonds. The van der Waals surface area contributed by atoms with Crippen LogP contribution in [0.25, 0.3) is 0 Å². The molecule has 0 aliphatic carbocycles. The van der Waals surface area contributed by atoms with E-state index < -0.39 is 11.8 Å². The summed E-state index contributed by atoms with van der Waals surface area (Å²) in [5.74, 6) is -1.83. The van der Waals surface area contributed by atoms with E-state index in [4.69, 9.17) is 5.11 Å². The van der Waals surface area contributed by atoms with Crippen LogP contribution in [0.4, 0.5) is 10.1 Å². The molecular formula is C12H13FN2O3.